The van der Waals surface area contributed by atoms with Crippen LogP contribution in [0.5, 0.6) is 5.75 Å². The van der Waals surface area contributed by atoms with Crippen molar-refractivity contribution >= 4 is 11.8 Å². The second-order valence-corrected chi connectivity index (χ2v) is 7.22. The maximum atomic E-state index is 11.9. The summed E-state index contributed by atoms with van der Waals surface area (Å²) in [7, 11) is 0. The minimum Gasteiger partial charge on any atom is -0.508 e. The van der Waals surface area contributed by atoms with Crippen molar-refractivity contribution in [2.45, 2.75) is 52.2 Å². The SMILES string of the molecule is CC(C)(C)OC(=O)Nc1ccc(O)cc1[C@@H]1[C@@H](N)C1(C)C. The molecule has 0 radical (unpaired) electrons. The van der Waals surface area contributed by atoms with Gasteiger partial charge in [-0.05, 0) is 49.9 Å². The first-order chi connectivity index (χ1) is 9.52. The monoisotopic (exact) mass is 292 g/mol. The fourth-order valence-corrected chi connectivity index (χ4v) is 2.61. The largest absolute Gasteiger partial charge is 0.508 e. The molecule has 4 N–H and O–H groups in total. The number of nitrogens with one attached hydrogen (secondary N) is 1. The van der Waals surface area contributed by atoms with Crippen molar-refractivity contribution in [2.75, 3.05) is 5.32 Å². The van der Waals surface area contributed by atoms with Crippen LogP contribution in [0.25, 0.3) is 0 Å². The fraction of sp³-hybridized carbons (Fsp3) is 0.562. The zero-order chi connectivity index (χ0) is 16.0. The quantitative estimate of drug-likeness (QED) is 0.731. The van der Waals surface area contributed by atoms with E-state index in [0.29, 0.717) is 5.69 Å². The Labute approximate surface area is 125 Å². The van der Waals surface area contributed by atoms with Gasteiger partial charge < -0.3 is 15.6 Å². The highest BCUT2D eigenvalue weighted by Gasteiger charge is 2.57. The summed E-state index contributed by atoms with van der Waals surface area (Å²) in [5.74, 6) is 0.268. The number of hydrogen-bond donors (Lipinski definition) is 3. The molecule has 1 aliphatic rings. The Morgan fingerprint density at radius 3 is 2.43 bits per heavy atom. The maximum absolute atomic E-state index is 11.9. The Morgan fingerprint density at radius 1 is 1.38 bits per heavy atom. The Balaban J connectivity index is 2.23. The lowest BCUT2D eigenvalue weighted by Gasteiger charge is -2.20. The molecule has 0 aliphatic heterocycles. The fourth-order valence-electron chi connectivity index (χ4n) is 2.61. The Kier molecular flexibility index (Phi) is 3.66. The molecule has 5 nitrogen and oxygen atoms in total. The minimum atomic E-state index is -0.559. The van der Waals surface area contributed by atoms with Gasteiger partial charge in [-0.3, -0.25) is 5.32 Å². The molecule has 1 saturated carbocycles. The van der Waals surface area contributed by atoms with Crippen molar-refractivity contribution in [1.29, 1.82) is 0 Å². The molecule has 1 amide bonds. The van der Waals surface area contributed by atoms with Gasteiger partial charge in [0.05, 0.1) is 0 Å². The van der Waals surface area contributed by atoms with Crippen LogP contribution in [0, 0.1) is 5.41 Å². The number of ether oxygens (including phenoxy) is 1. The number of anilines is 1. The van der Waals surface area contributed by atoms with Crippen LogP contribution < -0.4 is 11.1 Å². The van der Waals surface area contributed by atoms with Gasteiger partial charge in [-0.25, -0.2) is 4.79 Å². The van der Waals surface area contributed by atoms with E-state index in [1.54, 1.807) is 12.1 Å². The number of carbonyl (C=O) groups excluding carboxylic acids is 1. The molecule has 0 saturated heterocycles. The zero-order valence-corrected chi connectivity index (χ0v) is 13.2. The van der Waals surface area contributed by atoms with Gasteiger partial charge in [-0.15, -0.1) is 0 Å². The smallest absolute Gasteiger partial charge is 0.412 e. The third-order valence-electron chi connectivity index (χ3n) is 3.92. The predicted octanol–water partition coefficient (Wildman–Crippen LogP) is 3.19. The van der Waals surface area contributed by atoms with Crippen LogP contribution in [0.2, 0.25) is 0 Å². The van der Waals surface area contributed by atoms with Gasteiger partial charge in [0.1, 0.15) is 11.4 Å². The zero-order valence-electron chi connectivity index (χ0n) is 13.2. The molecule has 1 aromatic rings. The van der Waals surface area contributed by atoms with Crippen molar-refractivity contribution in [3.05, 3.63) is 23.8 Å². The van der Waals surface area contributed by atoms with E-state index < -0.39 is 11.7 Å². The van der Waals surface area contributed by atoms with E-state index in [2.05, 4.69) is 19.2 Å². The van der Waals surface area contributed by atoms with Crippen LogP contribution in [-0.4, -0.2) is 22.8 Å². The molecule has 2 atom stereocenters. The first-order valence-electron chi connectivity index (χ1n) is 7.11. The highest BCUT2D eigenvalue weighted by molar-refractivity contribution is 5.86. The summed E-state index contributed by atoms with van der Waals surface area (Å²) in [5, 5.41) is 12.5. The molecule has 0 aromatic heterocycles. The van der Waals surface area contributed by atoms with Crippen LogP contribution >= 0.6 is 0 Å². The van der Waals surface area contributed by atoms with E-state index in [1.165, 1.54) is 6.07 Å². The molecule has 21 heavy (non-hydrogen) atoms. The molecule has 1 aromatic carbocycles. The average molecular weight is 292 g/mol. The van der Waals surface area contributed by atoms with Gasteiger partial charge >= 0.3 is 6.09 Å². The van der Waals surface area contributed by atoms with E-state index >= 15 is 0 Å². The second kappa shape index (κ2) is 4.91. The van der Waals surface area contributed by atoms with Gasteiger partial charge in [-0.2, -0.15) is 0 Å². The summed E-state index contributed by atoms with van der Waals surface area (Å²) in [4.78, 5) is 11.9. The second-order valence-electron chi connectivity index (χ2n) is 7.22. The molecule has 2 rings (SSSR count). The molecule has 1 fully saturated rings. The molecule has 5 heteroatoms. The van der Waals surface area contributed by atoms with Crippen molar-refractivity contribution in [3.63, 3.8) is 0 Å². The summed E-state index contributed by atoms with van der Waals surface area (Å²) in [6, 6.07) is 4.89. The molecule has 116 valence electrons. The van der Waals surface area contributed by atoms with Gasteiger partial charge in [0.2, 0.25) is 0 Å². The van der Waals surface area contributed by atoms with Crippen molar-refractivity contribution < 1.29 is 14.6 Å². The molecule has 0 heterocycles. The summed E-state index contributed by atoms with van der Waals surface area (Å²) < 4.78 is 5.26. The number of hydrogen-bond acceptors (Lipinski definition) is 4. The minimum absolute atomic E-state index is 0.0125. The van der Waals surface area contributed by atoms with Gasteiger partial charge in [-0.1, -0.05) is 13.8 Å². The van der Waals surface area contributed by atoms with Crippen LogP contribution in [0.15, 0.2) is 18.2 Å². The highest BCUT2D eigenvalue weighted by Crippen LogP contribution is 2.59. The molecule has 0 spiro atoms. The Bertz CT molecular complexity index is 561. The van der Waals surface area contributed by atoms with Crippen LogP contribution in [-0.2, 0) is 4.74 Å². The molecular formula is C16H24N2O3. The molecule has 0 unspecified atom stereocenters. The Hall–Kier alpha value is -1.75. The topological polar surface area (TPSA) is 84.6 Å². The number of phenolic OH excluding ortho intramolecular Hbond substituents is 1. The maximum Gasteiger partial charge on any atom is 0.412 e. The van der Waals surface area contributed by atoms with E-state index in [9.17, 15) is 9.90 Å². The normalized spacial score (nSPS) is 23.5. The molecule has 1 aliphatic carbocycles. The molecular weight excluding hydrogens is 268 g/mol. The number of benzene rings is 1. The summed E-state index contributed by atoms with van der Waals surface area (Å²) >= 11 is 0. The van der Waals surface area contributed by atoms with Crippen LogP contribution in [0.1, 0.15) is 46.1 Å². The summed E-state index contributed by atoms with van der Waals surface area (Å²) in [5.41, 5.74) is 6.98. The predicted molar refractivity (Wildman–Crippen MR) is 82.5 cm³/mol. The standard InChI is InChI=1S/C16H24N2O3/c1-15(2,3)21-14(20)18-11-7-6-9(19)8-10(11)12-13(17)16(12,4)5/h6-8,12-13,19H,17H2,1-5H3,(H,18,20)/t12-,13-/m1/s1. The lowest BCUT2D eigenvalue weighted by atomic mass is 10.0. The van der Waals surface area contributed by atoms with Crippen molar-refractivity contribution in [3.8, 4) is 5.75 Å². The number of carbonyl (C=O) groups is 1. The molecule has 0 bridgehead atoms. The van der Waals surface area contributed by atoms with E-state index in [-0.39, 0.29) is 23.1 Å². The van der Waals surface area contributed by atoms with Crippen molar-refractivity contribution in [2.24, 2.45) is 11.1 Å². The van der Waals surface area contributed by atoms with Crippen molar-refractivity contribution in [1.82, 2.24) is 0 Å². The van der Waals surface area contributed by atoms with Crippen LogP contribution in [0.3, 0.4) is 0 Å². The van der Waals surface area contributed by atoms with Gasteiger partial charge in [0, 0.05) is 17.6 Å². The lowest BCUT2D eigenvalue weighted by Crippen LogP contribution is -2.27. The third-order valence-corrected chi connectivity index (χ3v) is 3.92. The first-order valence-corrected chi connectivity index (χ1v) is 7.11. The van der Waals surface area contributed by atoms with E-state index in [1.807, 2.05) is 20.8 Å². The lowest BCUT2D eigenvalue weighted by molar-refractivity contribution is 0.0635. The number of aromatic hydroxyl groups is 1. The number of amides is 1. The van der Waals surface area contributed by atoms with E-state index in [4.69, 9.17) is 10.5 Å². The third kappa shape index (κ3) is 3.29. The first kappa shape index (κ1) is 15.6. The van der Waals surface area contributed by atoms with Gasteiger partial charge in [0.25, 0.3) is 0 Å². The van der Waals surface area contributed by atoms with Crippen LogP contribution in [0.4, 0.5) is 10.5 Å². The van der Waals surface area contributed by atoms with Gasteiger partial charge in [0.15, 0.2) is 0 Å². The summed E-state index contributed by atoms with van der Waals surface area (Å²) in [6.45, 7) is 9.58. The van der Waals surface area contributed by atoms with E-state index in [0.717, 1.165) is 5.56 Å². The number of phenols is 1. The average Bonchev–Trinajstić information content (AvgIpc) is 2.78. The Morgan fingerprint density at radius 2 is 1.95 bits per heavy atom. The number of nitrogens with two attached hydrogens (primary N) is 1. The summed E-state index contributed by atoms with van der Waals surface area (Å²) in [6.07, 6.45) is -0.513. The number of rotatable bonds is 2. The highest BCUT2D eigenvalue weighted by atomic mass is 16.6.